The Labute approximate surface area is 255 Å². The molecule has 8 nitrogen and oxygen atoms in total. The fourth-order valence-electron chi connectivity index (χ4n) is 4.43. The number of hydrazone groups is 1. The lowest BCUT2D eigenvalue weighted by atomic mass is 10.0. The summed E-state index contributed by atoms with van der Waals surface area (Å²) in [6.07, 6.45) is 1.40. The molecule has 0 aliphatic carbocycles. The zero-order chi connectivity index (χ0) is 28.5. The second-order valence-corrected chi connectivity index (χ2v) is 11.0. The number of hydrogen-bond acceptors (Lipinski definition) is 6. The van der Waals surface area contributed by atoms with E-state index >= 15 is 0 Å². The molecule has 0 radical (unpaired) electrons. The average molecular weight is 696 g/mol. The number of halogens is 3. The van der Waals surface area contributed by atoms with Gasteiger partial charge < -0.3 is 19.2 Å². The summed E-state index contributed by atoms with van der Waals surface area (Å²) in [5, 5.41) is 5.54. The van der Waals surface area contributed by atoms with Gasteiger partial charge in [-0.1, -0.05) is 63.9 Å². The Kier molecular flexibility index (Phi) is 7.53. The van der Waals surface area contributed by atoms with E-state index in [-0.39, 0.29) is 18.1 Å². The maximum Gasteiger partial charge on any atom is 0.343 e. The van der Waals surface area contributed by atoms with Crippen LogP contribution >= 0.6 is 43.5 Å². The van der Waals surface area contributed by atoms with Crippen LogP contribution in [-0.2, 0) is 0 Å². The Morgan fingerprint density at radius 3 is 2.61 bits per heavy atom. The van der Waals surface area contributed by atoms with Gasteiger partial charge in [-0.3, -0.25) is 4.79 Å². The number of benzene rings is 4. The van der Waals surface area contributed by atoms with E-state index in [9.17, 15) is 9.59 Å². The Balaban J connectivity index is 1.28. The van der Waals surface area contributed by atoms with Crippen LogP contribution in [0.1, 0.15) is 26.4 Å². The van der Waals surface area contributed by atoms with Crippen LogP contribution in [0.4, 0.5) is 0 Å². The maximum absolute atomic E-state index is 13.4. The molecule has 4 aromatic carbocycles. The van der Waals surface area contributed by atoms with Gasteiger partial charge in [0.1, 0.15) is 5.69 Å². The highest BCUT2D eigenvalue weighted by Gasteiger charge is 2.22. The van der Waals surface area contributed by atoms with Crippen molar-refractivity contribution >= 4 is 72.5 Å². The predicted octanol–water partition coefficient (Wildman–Crippen LogP) is 7.73. The fourth-order valence-corrected chi connectivity index (χ4v) is 6.00. The molecule has 0 fully saturated rings. The van der Waals surface area contributed by atoms with E-state index in [0.717, 1.165) is 16.5 Å². The third-order valence-electron chi connectivity index (χ3n) is 6.29. The van der Waals surface area contributed by atoms with Crippen molar-refractivity contribution in [3.05, 3.63) is 110 Å². The summed E-state index contributed by atoms with van der Waals surface area (Å²) in [7, 11) is 0. The van der Waals surface area contributed by atoms with Crippen molar-refractivity contribution in [3.63, 3.8) is 0 Å². The molecule has 0 unspecified atom stereocenters. The molecule has 11 heteroatoms. The van der Waals surface area contributed by atoms with Crippen molar-refractivity contribution < 1.29 is 23.8 Å². The summed E-state index contributed by atoms with van der Waals surface area (Å²) in [4.78, 5) is 29.5. The molecule has 1 aromatic heterocycles. The van der Waals surface area contributed by atoms with E-state index in [2.05, 4.69) is 47.4 Å². The standard InChI is InChI=1S/C30H18Br2ClN3O5/c31-18-11-17(28(21(32)13-18)41-30(38)16-9-10-24-25(12-16)40-15-39-24)14-34-36-29(37)27-26(19-5-1-3-7-22(19)33)20-6-2-4-8-23(20)35-27/h1-14,35H,15H2,(H,36,37). The lowest BCUT2D eigenvalue weighted by molar-refractivity contribution is 0.0732. The molecule has 1 aliphatic heterocycles. The van der Waals surface area contributed by atoms with Gasteiger partial charge in [-0.15, -0.1) is 0 Å². The molecular formula is C30H18Br2ClN3O5. The van der Waals surface area contributed by atoms with Crippen LogP contribution < -0.4 is 19.6 Å². The summed E-state index contributed by atoms with van der Waals surface area (Å²) < 4.78 is 17.6. The summed E-state index contributed by atoms with van der Waals surface area (Å²) in [6.45, 7) is 0.0941. The molecule has 6 rings (SSSR count). The topological polar surface area (TPSA) is 102 Å². The van der Waals surface area contributed by atoms with Gasteiger partial charge in [0.15, 0.2) is 17.2 Å². The number of ether oxygens (including phenoxy) is 3. The van der Waals surface area contributed by atoms with Crippen LogP contribution in [0.25, 0.3) is 22.0 Å². The number of nitrogens with one attached hydrogen (secondary N) is 2. The molecule has 0 spiro atoms. The van der Waals surface area contributed by atoms with Crippen LogP contribution in [0.5, 0.6) is 17.2 Å². The maximum atomic E-state index is 13.4. The minimum atomic E-state index is -0.604. The number of esters is 1. The first-order chi connectivity index (χ1) is 19.9. The highest BCUT2D eigenvalue weighted by Crippen LogP contribution is 2.37. The van der Waals surface area contributed by atoms with E-state index in [1.165, 1.54) is 6.21 Å². The number of aromatic nitrogens is 1. The highest BCUT2D eigenvalue weighted by molar-refractivity contribution is 9.11. The van der Waals surface area contributed by atoms with E-state index < -0.39 is 11.9 Å². The van der Waals surface area contributed by atoms with Crippen molar-refractivity contribution in [2.75, 3.05) is 6.79 Å². The zero-order valence-corrected chi connectivity index (χ0v) is 24.8. The fraction of sp³-hybridized carbons (Fsp3) is 0.0333. The van der Waals surface area contributed by atoms with Crippen molar-refractivity contribution in [2.24, 2.45) is 5.10 Å². The van der Waals surface area contributed by atoms with Crippen LogP contribution in [0, 0.1) is 0 Å². The highest BCUT2D eigenvalue weighted by atomic mass is 79.9. The minimum absolute atomic E-state index is 0.0941. The molecule has 204 valence electrons. The first kappa shape index (κ1) is 27.1. The summed E-state index contributed by atoms with van der Waals surface area (Å²) in [5.41, 5.74) is 5.76. The van der Waals surface area contributed by atoms with E-state index in [1.54, 1.807) is 36.4 Å². The second-order valence-electron chi connectivity index (χ2n) is 8.86. The van der Waals surface area contributed by atoms with Crippen molar-refractivity contribution in [2.45, 2.75) is 0 Å². The first-order valence-corrected chi connectivity index (χ1v) is 14.2. The monoisotopic (exact) mass is 693 g/mol. The number of aromatic amines is 1. The van der Waals surface area contributed by atoms with Gasteiger partial charge in [0.05, 0.1) is 16.3 Å². The van der Waals surface area contributed by atoms with Crippen molar-refractivity contribution in [1.29, 1.82) is 0 Å². The zero-order valence-electron chi connectivity index (χ0n) is 20.9. The molecule has 1 amide bonds. The first-order valence-electron chi connectivity index (χ1n) is 12.2. The van der Waals surface area contributed by atoms with E-state index in [0.29, 0.717) is 42.3 Å². The molecular weight excluding hydrogens is 678 g/mol. The summed E-state index contributed by atoms with van der Waals surface area (Å²) >= 11 is 13.4. The SMILES string of the molecule is O=C(Oc1c(Br)cc(Br)cc1C=NNC(=O)c1[nH]c2ccccc2c1-c1ccccc1Cl)c1ccc2c(c1)OCO2. The second kappa shape index (κ2) is 11.4. The lowest BCUT2D eigenvalue weighted by Gasteiger charge is -2.11. The third kappa shape index (κ3) is 5.46. The Morgan fingerprint density at radius 1 is 0.976 bits per heavy atom. The Bertz CT molecular complexity index is 1870. The predicted molar refractivity (Wildman–Crippen MR) is 163 cm³/mol. The number of fused-ring (bicyclic) bond motifs is 2. The van der Waals surface area contributed by atoms with Gasteiger partial charge >= 0.3 is 5.97 Å². The number of rotatable bonds is 6. The van der Waals surface area contributed by atoms with E-state index in [4.69, 9.17) is 25.8 Å². The molecule has 2 heterocycles. The van der Waals surface area contributed by atoms with Crippen LogP contribution in [0.15, 0.2) is 92.9 Å². The third-order valence-corrected chi connectivity index (χ3v) is 7.66. The number of para-hydroxylation sites is 1. The quantitative estimate of drug-likeness (QED) is 0.0820. The largest absolute Gasteiger partial charge is 0.454 e. The smallest absolute Gasteiger partial charge is 0.343 e. The molecule has 0 saturated carbocycles. The number of H-pyrrole nitrogens is 1. The summed E-state index contributed by atoms with van der Waals surface area (Å²) in [5.74, 6) is 0.165. The molecule has 0 atom stereocenters. The molecule has 41 heavy (non-hydrogen) atoms. The van der Waals surface area contributed by atoms with Crippen molar-refractivity contribution in [1.82, 2.24) is 10.4 Å². The van der Waals surface area contributed by atoms with Gasteiger partial charge in [-0.25, -0.2) is 10.2 Å². The van der Waals surface area contributed by atoms with Gasteiger partial charge in [0, 0.05) is 37.1 Å². The Hall–Kier alpha value is -4.12. The molecule has 0 bridgehead atoms. The van der Waals surface area contributed by atoms with Gasteiger partial charge in [0.2, 0.25) is 6.79 Å². The number of carbonyl (C=O) groups excluding carboxylic acids is 2. The summed E-state index contributed by atoms with van der Waals surface area (Å²) in [6, 6.07) is 23.1. The van der Waals surface area contributed by atoms with E-state index in [1.807, 2.05) is 42.5 Å². The van der Waals surface area contributed by atoms with Gasteiger partial charge in [-0.2, -0.15) is 5.10 Å². The number of hydrogen-bond donors (Lipinski definition) is 2. The molecule has 1 aliphatic rings. The van der Waals surface area contributed by atoms with Crippen molar-refractivity contribution in [3.8, 4) is 28.4 Å². The minimum Gasteiger partial charge on any atom is -0.454 e. The van der Waals surface area contributed by atoms with Crippen LogP contribution in [0.2, 0.25) is 5.02 Å². The van der Waals surface area contributed by atoms with Gasteiger partial charge in [-0.05, 0) is 58.4 Å². The number of nitrogens with zero attached hydrogens (tertiary/aromatic N) is 1. The number of amides is 1. The molecule has 0 saturated heterocycles. The lowest BCUT2D eigenvalue weighted by Crippen LogP contribution is -2.19. The Morgan fingerprint density at radius 2 is 1.76 bits per heavy atom. The molecule has 2 N–H and O–H groups in total. The number of carbonyl (C=O) groups is 2. The van der Waals surface area contributed by atoms with Crippen LogP contribution in [0.3, 0.4) is 0 Å². The van der Waals surface area contributed by atoms with Crippen LogP contribution in [-0.4, -0.2) is 29.9 Å². The molecule has 5 aromatic rings. The normalized spacial score (nSPS) is 12.2. The average Bonchev–Trinajstić information content (AvgIpc) is 3.59. The van der Waals surface area contributed by atoms with Gasteiger partial charge in [0.25, 0.3) is 5.91 Å².